The summed E-state index contributed by atoms with van der Waals surface area (Å²) >= 11 is 6.42. The lowest BCUT2D eigenvalue weighted by Gasteiger charge is -2.28. The molecule has 4 rings (SSSR count). The summed E-state index contributed by atoms with van der Waals surface area (Å²) in [7, 11) is 0. The van der Waals surface area contributed by atoms with E-state index in [9.17, 15) is 9.59 Å². The molecule has 38 heavy (non-hydrogen) atoms. The van der Waals surface area contributed by atoms with E-state index in [0.29, 0.717) is 36.8 Å². The first kappa shape index (κ1) is 27.9. The van der Waals surface area contributed by atoms with Gasteiger partial charge in [-0.1, -0.05) is 61.8 Å². The van der Waals surface area contributed by atoms with Crippen molar-refractivity contribution in [2.45, 2.75) is 59.2 Å². The van der Waals surface area contributed by atoms with Gasteiger partial charge in [0.2, 0.25) is 5.91 Å². The van der Waals surface area contributed by atoms with Crippen LogP contribution in [0.3, 0.4) is 0 Å². The Hall–Kier alpha value is -3.16. The van der Waals surface area contributed by atoms with Crippen LogP contribution in [0.25, 0.3) is 0 Å². The average molecular weight is 536 g/mol. The molecule has 0 spiro atoms. The van der Waals surface area contributed by atoms with Gasteiger partial charge in [0.25, 0.3) is 5.91 Å². The summed E-state index contributed by atoms with van der Waals surface area (Å²) in [5.74, 6) is -0.0212. The van der Waals surface area contributed by atoms with E-state index in [1.54, 1.807) is 6.07 Å². The van der Waals surface area contributed by atoms with Crippen molar-refractivity contribution in [3.05, 3.63) is 82.6 Å². The predicted octanol–water partition coefficient (Wildman–Crippen LogP) is 5.63. The van der Waals surface area contributed by atoms with Crippen molar-refractivity contribution < 1.29 is 9.59 Å². The summed E-state index contributed by atoms with van der Waals surface area (Å²) in [4.78, 5) is 33.1. The van der Waals surface area contributed by atoms with Gasteiger partial charge in [-0.3, -0.25) is 19.2 Å². The van der Waals surface area contributed by atoms with Crippen LogP contribution in [-0.4, -0.2) is 57.6 Å². The SMILES string of the molecule is CCCC(=O)N1CCCN(Cc2ccccc2)CCN(C(=O)c2ccn(CCC)n2)Cc2ccc(Cl)cc21. The third-order valence-corrected chi connectivity index (χ3v) is 7.09. The van der Waals surface area contributed by atoms with Crippen molar-refractivity contribution >= 4 is 29.1 Å². The molecule has 8 heteroatoms. The fourth-order valence-electron chi connectivity index (χ4n) is 4.93. The second kappa shape index (κ2) is 13.6. The Kier molecular flexibility index (Phi) is 9.96. The lowest BCUT2D eigenvalue weighted by atomic mass is 10.1. The minimum absolute atomic E-state index is 0.0843. The Morgan fingerprint density at radius 3 is 2.53 bits per heavy atom. The highest BCUT2D eigenvalue weighted by molar-refractivity contribution is 6.31. The van der Waals surface area contributed by atoms with Crippen LogP contribution in [0.2, 0.25) is 5.02 Å². The smallest absolute Gasteiger partial charge is 0.274 e. The molecule has 7 nitrogen and oxygen atoms in total. The topological polar surface area (TPSA) is 61.7 Å². The normalized spacial score (nSPS) is 15.1. The largest absolute Gasteiger partial charge is 0.332 e. The molecular weight excluding hydrogens is 498 g/mol. The Balaban J connectivity index is 1.68. The van der Waals surface area contributed by atoms with Gasteiger partial charge in [0.05, 0.1) is 5.69 Å². The minimum Gasteiger partial charge on any atom is -0.332 e. The monoisotopic (exact) mass is 535 g/mol. The first-order chi connectivity index (χ1) is 18.5. The number of anilines is 1. The summed E-state index contributed by atoms with van der Waals surface area (Å²) in [5.41, 5.74) is 3.38. The van der Waals surface area contributed by atoms with Gasteiger partial charge in [0.15, 0.2) is 0 Å². The zero-order valence-electron chi connectivity index (χ0n) is 22.5. The number of rotatable bonds is 7. The van der Waals surface area contributed by atoms with E-state index < -0.39 is 0 Å². The molecule has 2 amide bonds. The number of hydrogen-bond donors (Lipinski definition) is 0. The Morgan fingerprint density at radius 2 is 1.76 bits per heavy atom. The molecule has 0 fully saturated rings. The lowest BCUT2D eigenvalue weighted by Crippen LogP contribution is -2.38. The maximum Gasteiger partial charge on any atom is 0.274 e. The molecule has 0 bridgehead atoms. The number of halogens is 1. The van der Waals surface area contributed by atoms with Crippen LogP contribution < -0.4 is 4.90 Å². The van der Waals surface area contributed by atoms with Crippen LogP contribution in [0, 0.1) is 0 Å². The van der Waals surface area contributed by atoms with Crippen molar-refractivity contribution in [1.82, 2.24) is 19.6 Å². The van der Waals surface area contributed by atoms with Gasteiger partial charge in [-0.25, -0.2) is 0 Å². The number of amides is 2. The van der Waals surface area contributed by atoms with Gasteiger partial charge < -0.3 is 9.80 Å². The quantitative estimate of drug-likeness (QED) is 0.393. The van der Waals surface area contributed by atoms with Crippen LogP contribution in [0.15, 0.2) is 60.8 Å². The van der Waals surface area contributed by atoms with Gasteiger partial charge in [-0.05, 0) is 48.6 Å². The molecule has 0 radical (unpaired) electrons. The molecule has 1 aliphatic heterocycles. The molecule has 202 valence electrons. The van der Waals surface area contributed by atoms with Gasteiger partial charge in [-0.15, -0.1) is 0 Å². The van der Waals surface area contributed by atoms with Gasteiger partial charge >= 0.3 is 0 Å². The molecule has 0 unspecified atom stereocenters. The highest BCUT2D eigenvalue weighted by Crippen LogP contribution is 2.28. The van der Waals surface area contributed by atoms with Gasteiger partial charge in [-0.2, -0.15) is 5.10 Å². The third kappa shape index (κ3) is 7.23. The molecular formula is C30H38ClN5O2. The highest BCUT2D eigenvalue weighted by Gasteiger charge is 2.25. The zero-order chi connectivity index (χ0) is 26.9. The minimum atomic E-state index is -0.105. The van der Waals surface area contributed by atoms with Crippen LogP contribution in [0.1, 0.15) is 61.1 Å². The van der Waals surface area contributed by atoms with E-state index in [0.717, 1.165) is 56.7 Å². The number of nitrogens with zero attached hydrogens (tertiary/aromatic N) is 5. The van der Waals surface area contributed by atoms with E-state index in [2.05, 4.69) is 41.2 Å². The Morgan fingerprint density at radius 1 is 0.947 bits per heavy atom. The van der Waals surface area contributed by atoms with E-state index in [1.165, 1.54) is 5.56 Å². The number of benzene rings is 2. The van der Waals surface area contributed by atoms with Crippen molar-refractivity contribution in [2.75, 3.05) is 31.1 Å². The summed E-state index contributed by atoms with van der Waals surface area (Å²) in [5, 5.41) is 5.12. The Labute approximate surface area is 231 Å². The molecule has 1 aromatic heterocycles. The highest BCUT2D eigenvalue weighted by atomic mass is 35.5. The maximum absolute atomic E-state index is 13.8. The summed E-state index contributed by atoms with van der Waals surface area (Å²) in [6, 6.07) is 17.8. The summed E-state index contributed by atoms with van der Waals surface area (Å²) < 4.78 is 1.82. The van der Waals surface area contributed by atoms with Crippen LogP contribution in [0.4, 0.5) is 5.69 Å². The summed E-state index contributed by atoms with van der Waals surface area (Å²) in [6.45, 7) is 8.74. The van der Waals surface area contributed by atoms with Crippen molar-refractivity contribution in [2.24, 2.45) is 0 Å². The molecule has 1 aliphatic rings. The van der Waals surface area contributed by atoms with Gasteiger partial charge in [0.1, 0.15) is 5.69 Å². The second-order valence-electron chi connectivity index (χ2n) is 9.87. The lowest BCUT2D eigenvalue weighted by molar-refractivity contribution is -0.118. The predicted molar refractivity (Wildman–Crippen MR) is 152 cm³/mol. The number of carbonyl (C=O) groups excluding carboxylic acids is 2. The molecule has 2 heterocycles. The van der Waals surface area contributed by atoms with Crippen LogP contribution in [0.5, 0.6) is 0 Å². The fourth-order valence-corrected chi connectivity index (χ4v) is 5.09. The van der Waals surface area contributed by atoms with Crippen molar-refractivity contribution in [1.29, 1.82) is 0 Å². The van der Waals surface area contributed by atoms with Gasteiger partial charge in [0, 0.05) is 63.5 Å². The van der Waals surface area contributed by atoms with E-state index >= 15 is 0 Å². The zero-order valence-corrected chi connectivity index (χ0v) is 23.2. The average Bonchev–Trinajstić information content (AvgIpc) is 3.37. The summed E-state index contributed by atoms with van der Waals surface area (Å²) in [6.07, 6.45) is 4.88. The molecule has 2 aromatic carbocycles. The molecule has 0 atom stereocenters. The van der Waals surface area contributed by atoms with Crippen LogP contribution >= 0.6 is 11.6 Å². The number of fused-ring (bicyclic) bond motifs is 1. The first-order valence-electron chi connectivity index (χ1n) is 13.7. The van der Waals surface area contributed by atoms with Crippen molar-refractivity contribution in [3.63, 3.8) is 0 Å². The molecule has 3 aromatic rings. The number of aromatic nitrogens is 2. The molecule has 0 aliphatic carbocycles. The van der Waals surface area contributed by atoms with Crippen LogP contribution in [-0.2, 0) is 24.4 Å². The number of hydrogen-bond acceptors (Lipinski definition) is 4. The molecule has 0 saturated carbocycles. The fraction of sp³-hybridized carbons (Fsp3) is 0.433. The number of aryl methyl sites for hydroxylation is 1. The van der Waals surface area contributed by atoms with Crippen molar-refractivity contribution in [3.8, 4) is 0 Å². The maximum atomic E-state index is 13.8. The first-order valence-corrected chi connectivity index (χ1v) is 14.0. The molecule has 0 N–H and O–H groups in total. The second-order valence-corrected chi connectivity index (χ2v) is 10.3. The Bertz CT molecular complexity index is 1210. The van der Waals surface area contributed by atoms with E-state index in [1.807, 2.05) is 51.9 Å². The third-order valence-electron chi connectivity index (χ3n) is 6.86. The van der Waals surface area contributed by atoms with E-state index in [-0.39, 0.29) is 11.8 Å². The molecule has 0 saturated heterocycles. The standard InChI is InChI=1S/C30H38ClN5O2/c1-3-9-29(37)36-17-8-16-33(22-24-10-6-5-7-11-24)19-20-34(23-25-12-13-26(31)21-28(25)36)30(38)27-14-18-35(32-27)15-4-2/h5-7,10-14,18,21H,3-4,8-9,15-17,19-20,22-23H2,1-2H3. The van der Waals surface area contributed by atoms with E-state index in [4.69, 9.17) is 11.6 Å². The number of carbonyl (C=O) groups is 2.